The summed E-state index contributed by atoms with van der Waals surface area (Å²) in [6.07, 6.45) is 1.35. The topological polar surface area (TPSA) is 53.3 Å². The van der Waals surface area contributed by atoms with Crippen LogP contribution in [0.25, 0.3) is 0 Å². The van der Waals surface area contributed by atoms with E-state index in [2.05, 4.69) is 13.2 Å². The molecular weight excluding hydrogens is 382 g/mol. The summed E-state index contributed by atoms with van der Waals surface area (Å²) < 4.78 is 5.87. The number of ether oxygens (including phenoxy) is 1. The van der Waals surface area contributed by atoms with Gasteiger partial charge in [-0.3, -0.25) is 0 Å². The van der Waals surface area contributed by atoms with Crippen LogP contribution in [0.4, 0.5) is 0 Å². The summed E-state index contributed by atoms with van der Waals surface area (Å²) in [6.45, 7) is 28.6. The van der Waals surface area contributed by atoms with Crippen LogP contribution in [0.15, 0.2) is 65.0 Å². The zero-order valence-electron chi connectivity index (χ0n) is 21.4. The Morgan fingerprint density at radius 2 is 1.74 bits per heavy atom. The molecule has 1 aromatic carbocycles. The summed E-state index contributed by atoms with van der Waals surface area (Å²) in [5.41, 5.74) is 6.76. The van der Waals surface area contributed by atoms with Gasteiger partial charge in [-0.05, 0) is 83.2 Å². The van der Waals surface area contributed by atoms with Crippen molar-refractivity contribution in [2.45, 2.75) is 80.8 Å². The molecule has 0 aromatic heterocycles. The number of hydrogen-bond acceptors (Lipinski definition) is 3. The standard InChI is InChI=1S/C26H37NO2.C2H6.H2/c1-11-29-20(8)23(19(7)16(2)3)24(25(17(4)5)26(9,10)28)22-13-12-21(15-27)14-18(22)6;1-2;/h12-15,24,27-28H,2,8,11H2,1,3-7,9-10H3;1-2H3;1H/b23-19+,27-15?;;. The van der Waals surface area contributed by atoms with E-state index in [0.29, 0.717) is 12.4 Å². The van der Waals surface area contributed by atoms with E-state index in [0.717, 1.165) is 44.6 Å². The normalized spacial score (nSPS) is 12.6. The second kappa shape index (κ2) is 12.5. The highest BCUT2D eigenvalue weighted by Gasteiger charge is 2.35. The molecule has 0 amide bonds. The monoisotopic (exact) mass is 427 g/mol. The summed E-state index contributed by atoms with van der Waals surface area (Å²) in [4.78, 5) is 0. The van der Waals surface area contributed by atoms with E-state index in [4.69, 9.17) is 10.1 Å². The van der Waals surface area contributed by atoms with Crippen LogP contribution in [0.1, 0.15) is 86.3 Å². The van der Waals surface area contributed by atoms with Crippen LogP contribution in [-0.2, 0) is 4.74 Å². The third kappa shape index (κ3) is 7.36. The molecule has 0 aliphatic rings. The van der Waals surface area contributed by atoms with E-state index >= 15 is 0 Å². The summed E-state index contributed by atoms with van der Waals surface area (Å²) in [7, 11) is 0. The Morgan fingerprint density at radius 3 is 2.10 bits per heavy atom. The lowest BCUT2D eigenvalue weighted by Crippen LogP contribution is -2.30. The number of aryl methyl sites for hydroxylation is 1. The number of aliphatic hydroxyl groups is 1. The van der Waals surface area contributed by atoms with Crippen molar-refractivity contribution in [3.63, 3.8) is 0 Å². The quantitative estimate of drug-likeness (QED) is 0.182. The predicted molar refractivity (Wildman–Crippen MR) is 138 cm³/mol. The number of rotatable bonds is 9. The number of nitrogens with one attached hydrogen (secondary N) is 1. The molecule has 3 nitrogen and oxygen atoms in total. The van der Waals surface area contributed by atoms with Crippen molar-refractivity contribution in [1.82, 2.24) is 0 Å². The maximum Gasteiger partial charge on any atom is 0.116 e. The maximum atomic E-state index is 11.1. The van der Waals surface area contributed by atoms with Gasteiger partial charge >= 0.3 is 0 Å². The molecule has 0 aliphatic heterocycles. The zero-order valence-corrected chi connectivity index (χ0v) is 21.4. The van der Waals surface area contributed by atoms with Crippen molar-refractivity contribution in [2.75, 3.05) is 6.61 Å². The lowest BCUT2D eigenvalue weighted by atomic mass is 9.72. The van der Waals surface area contributed by atoms with Gasteiger partial charge in [-0.2, -0.15) is 0 Å². The van der Waals surface area contributed by atoms with Crippen LogP contribution in [-0.4, -0.2) is 23.5 Å². The molecule has 0 saturated heterocycles. The fraction of sp³-hybridized carbons (Fsp3) is 0.464. The Hall–Kier alpha value is -2.39. The number of benzene rings is 1. The molecule has 0 aliphatic carbocycles. The minimum Gasteiger partial charge on any atom is -0.494 e. The summed E-state index contributed by atoms with van der Waals surface area (Å²) in [5.74, 6) is 0.354. The molecule has 2 N–H and O–H groups in total. The highest BCUT2D eigenvalue weighted by atomic mass is 16.5. The van der Waals surface area contributed by atoms with Crippen molar-refractivity contribution < 1.29 is 11.3 Å². The Bertz CT molecular complexity index is 866. The van der Waals surface area contributed by atoms with Crippen LogP contribution in [0, 0.1) is 12.3 Å². The average Bonchev–Trinajstić information content (AvgIpc) is 2.67. The van der Waals surface area contributed by atoms with Crippen molar-refractivity contribution in [2.24, 2.45) is 0 Å². The van der Waals surface area contributed by atoms with Crippen molar-refractivity contribution >= 4 is 6.21 Å². The smallest absolute Gasteiger partial charge is 0.116 e. The van der Waals surface area contributed by atoms with Crippen molar-refractivity contribution in [3.8, 4) is 0 Å². The summed E-state index contributed by atoms with van der Waals surface area (Å²) in [6, 6.07) is 5.98. The van der Waals surface area contributed by atoms with E-state index in [-0.39, 0.29) is 7.34 Å². The van der Waals surface area contributed by atoms with Crippen LogP contribution in [0.5, 0.6) is 0 Å². The van der Waals surface area contributed by atoms with Gasteiger partial charge in [-0.25, -0.2) is 0 Å². The second-order valence-corrected chi connectivity index (χ2v) is 8.34. The molecule has 0 heterocycles. The first-order chi connectivity index (χ1) is 14.4. The zero-order chi connectivity index (χ0) is 24.5. The first-order valence-electron chi connectivity index (χ1n) is 11.1. The molecule has 31 heavy (non-hydrogen) atoms. The molecule has 0 saturated carbocycles. The molecular formula is C28H45NO2. The molecule has 0 radical (unpaired) electrons. The fourth-order valence-electron chi connectivity index (χ4n) is 3.89. The average molecular weight is 428 g/mol. The van der Waals surface area contributed by atoms with Gasteiger partial charge in [0.05, 0.1) is 12.2 Å². The Morgan fingerprint density at radius 1 is 1.19 bits per heavy atom. The molecule has 174 valence electrons. The Labute approximate surface area is 192 Å². The molecule has 0 spiro atoms. The van der Waals surface area contributed by atoms with Gasteiger partial charge in [0.2, 0.25) is 0 Å². The first-order valence-corrected chi connectivity index (χ1v) is 11.1. The summed E-state index contributed by atoms with van der Waals surface area (Å²) in [5, 5.41) is 18.7. The molecule has 1 unspecified atom stereocenters. The molecule has 0 fully saturated rings. The van der Waals surface area contributed by atoms with Gasteiger partial charge in [0.15, 0.2) is 0 Å². The second-order valence-electron chi connectivity index (χ2n) is 8.34. The van der Waals surface area contributed by atoms with Crippen molar-refractivity contribution in [3.05, 3.63) is 81.7 Å². The highest BCUT2D eigenvalue weighted by molar-refractivity contribution is 5.77. The van der Waals surface area contributed by atoms with Gasteiger partial charge < -0.3 is 15.3 Å². The van der Waals surface area contributed by atoms with Crippen molar-refractivity contribution in [1.29, 1.82) is 5.41 Å². The molecule has 1 atom stereocenters. The van der Waals surface area contributed by atoms with Crippen LogP contribution in [0.2, 0.25) is 0 Å². The highest BCUT2D eigenvalue weighted by Crippen LogP contribution is 2.45. The molecule has 1 aromatic rings. The van der Waals surface area contributed by atoms with E-state index in [1.165, 1.54) is 6.21 Å². The van der Waals surface area contributed by atoms with E-state index in [1.807, 2.05) is 87.4 Å². The van der Waals surface area contributed by atoms with Gasteiger partial charge in [0, 0.05) is 19.1 Å². The molecule has 3 heteroatoms. The Kier molecular flexibility index (Phi) is 11.5. The molecule has 1 rings (SSSR count). The lowest BCUT2D eigenvalue weighted by molar-refractivity contribution is 0.112. The fourth-order valence-corrected chi connectivity index (χ4v) is 3.89. The number of allylic oxidation sites excluding steroid dienone is 4. The van der Waals surface area contributed by atoms with Gasteiger partial charge in [-0.15, -0.1) is 0 Å². The maximum absolute atomic E-state index is 11.1. The number of hydrogen-bond donors (Lipinski definition) is 2. The van der Waals surface area contributed by atoms with Crippen LogP contribution < -0.4 is 0 Å². The lowest BCUT2D eigenvalue weighted by Gasteiger charge is -2.35. The Balaban J connectivity index is 0. The third-order valence-electron chi connectivity index (χ3n) is 5.21. The van der Waals surface area contributed by atoms with Crippen LogP contribution in [0.3, 0.4) is 0 Å². The predicted octanol–water partition coefficient (Wildman–Crippen LogP) is 7.90. The van der Waals surface area contributed by atoms with E-state index < -0.39 is 5.60 Å². The minimum absolute atomic E-state index is 0. The van der Waals surface area contributed by atoms with E-state index in [1.54, 1.807) is 0 Å². The van der Waals surface area contributed by atoms with E-state index in [9.17, 15) is 5.11 Å². The first kappa shape index (κ1) is 28.6. The van der Waals surface area contributed by atoms with Gasteiger partial charge in [0.25, 0.3) is 0 Å². The largest absolute Gasteiger partial charge is 0.494 e. The molecule has 0 bridgehead atoms. The summed E-state index contributed by atoms with van der Waals surface area (Å²) >= 11 is 0. The van der Waals surface area contributed by atoms with Gasteiger partial charge in [-0.1, -0.05) is 56.4 Å². The minimum atomic E-state index is -1.04. The third-order valence-corrected chi connectivity index (χ3v) is 5.21. The van der Waals surface area contributed by atoms with Gasteiger partial charge in [0.1, 0.15) is 5.76 Å². The SMILES string of the molecule is C=C(C)/C(C)=C(\C(=C)OCC)C(C(=C(C)C)C(C)(C)O)c1ccc(C=N)cc1C.CC.[HH]. The van der Waals surface area contributed by atoms with Crippen LogP contribution >= 0.6 is 0 Å².